The van der Waals surface area contributed by atoms with E-state index in [2.05, 4.69) is 6.07 Å². The SMILES string of the molecule is CCOc1ccc(C#N)c2occ(C)c12. The van der Waals surface area contributed by atoms with Crippen LogP contribution in [0.15, 0.2) is 22.8 Å². The van der Waals surface area contributed by atoms with Gasteiger partial charge in [-0.05, 0) is 31.5 Å². The summed E-state index contributed by atoms with van der Waals surface area (Å²) in [6, 6.07) is 5.63. The van der Waals surface area contributed by atoms with Crippen LogP contribution in [-0.4, -0.2) is 6.61 Å². The molecule has 2 aromatic rings. The highest BCUT2D eigenvalue weighted by molar-refractivity contribution is 5.91. The van der Waals surface area contributed by atoms with Crippen molar-refractivity contribution >= 4 is 11.0 Å². The minimum absolute atomic E-state index is 0.543. The standard InChI is InChI=1S/C12H11NO2/c1-3-14-10-5-4-9(6-13)12-11(10)8(2)7-15-12/h4-5,7H,3H2,1-2H3. The van der Waals surface area contributed by atoms with E-state index in [0.717, 1.165) is 16.7 Å². The average molecular weight is 201 g/mol. The van der Waals surface area contributed by atoms with Gasteiger partial charge >= 0.3 is 0 Å². The first-order valence-electron chi connectivity index (χ1n) is 4.81. The predicted molar refractivity (Wildman–Crippen MR) is 56.8 cm³/mol. The highest BCUT2D eigenvalue weighted by Crippen LogP contribution is 2.32. The van der Waals surface area contributed by atoms with E-state index in [9.17, 15) is 0 Å². The van der Waals surface area contributed by atoms with Gasteiger partial charge in [-0.25, -0.2) is 0 Å². The maximum absolute atomic E-state index is 8.91. The van der Waals surface area contributed by atoms with Gasteiger partial charge in [-0.2, -0.15) is 5.26 Å². The van der Waals surface area contributed by atoms with Gasteiger partial charge in [-0.3, -0.25) is 0 Å². The van der Waals surface area contributed by atoms with E-state index in [1.165, 1.54) is 0 Å². The highest BCUT2D eigenvalue weighted by Gasteiger charge is 2.12. The molecule has 15 heavy (non-hydrogen) atoms. The van der Waals surface area contributed by atoms with Crippen LogP contribution in [0.3, 0.4) is 0 Å². The van der Waals surface area contributed by atoms with E-state index < -0.39 is 0 Å². The number of nitriles is 1. The van der Waals surface area contributed by atoms with Gasteiger partial charge in [-0.1, -0.05) is 0 Å². The zero-order chi connectivity index (χ0) is 10.8. The maximum atomic E-state index is 8.91. The summed E-state index contributed by atoms with van der Waals surface area (Å²) in [6.45, 7) is 4.47. The number of hydrogen-bond acceptors (Lipinski definition) is 3. The number of benzene rings is 1. The van der Waals surface area contributed by atoms with Gasteiger partial charge in [0.25, 0.3) is 0 Å². The van der Waals surface area contributed by atoms with Gasteiger partial charge in [0.05, 0.1) is 23.8 Å². The molecule has 0 fully saturated rings. The predicted octanol–water partition coefficient (Wildman–Crippen LogP) is 3.01. The molecule has 0 bridgehead atoms. The first-order chi connectivity index (χ1) is 7.27. The first kappa shape index (κ1) is 9.60. The van der Waals surface area contributed by atoms with Crippen molar-refractivity contribution in [3.05, 3.63) is 29.5 Å². The van der Waals surface area contributed by atoms with Crippen LogP contribution >= 0.6 is 0 Å². The topological polar surface area (TPSA) is 46.2 Å². The first-order valence-corrected chi connectivity index (χ1v) is 4.81. The molecule has 0 radical (unpaired) electrons. The summed E-state index contributed by atoms with van der Waals surface area (Å²) >= 11 is 0. The fourth-order valence-corrected chi connectivity index (χ4v) is 1.63. The average Bonchev–Trinajstić information content (AvgIpc) is 2.62. The fourth-order valence-electron chi connectivity index (χ4n) is 1.63. The molecule has 0 N–H and O–H groups in total. The molecule has 0 aliphatic heterocycles. The van der Waals surface area contributed by atoms with E-state index in [0.29, 0.717) is 17.8 Å². The van der Waals surface area contributed by atoms with E-state index in [-0.39, 0.29) is 0 Å². The van der Waals surface area contributed by atoms with Crippen LogP contribution in [0.5, 0.6) is 5.75 Å². The molecule has 2 rings (SSSR count). The quantitative estimate of drug-likeness (QED) is 0.750. The second kappa shape index (κ2) is 3.66. The summed E-state index contributed by atoms with van der Waals surface area (Å²) in [5.74, 6) is 0.776. The van der Waals surface area contributed by atoms with Crippen LogP contribution < -0.4 is 4.74 Å². The Labute approximate surface area is 87.9 Å². The molecule has 0 unspecified atom stereocenters. The lowest BCUT2D eigenvalue weighted by Crippen LogP contribution is -1.92. The second-order valence-electron chi connectivity index (χ2n) is 3.28. The largest absolute Gasteiger partial charge is 0.493 e. The molecule has 0 aliphatic rings. The van der Waals surface area contributed by atoms with Crippen LogP contribution in [0, 0.1) is 18.3 Å². The number of ether oxygens (including phenoxy) is 1. The summed E-state index contributed by atoms with van der Waals surface area (Å²) in [6.07, 6.45) is 1.65. The molecule has 3 heteroatoms. The molecule has 0 spiro atoms. The zero-order valence-electron chi connectivity index (χ0n) is 8.70. The second-order valence-corrected chi connectivity index (χ2v) is 3.28. The number of rotatable bonds is 2. The molecule has 76 valence electrons. The Bertz CT molecular complexity index is 534. The van der Waals surface area contributed by atoms with Crippen LogP contribution in [0.4, 0.5) is 0 Å². The van der Waals surface area contributed by atoms with Crippen molar-refractivity contribution in [2.45, 2.75) is 13.8 Å². The Morgan fingerprint density at radius 2 is 2.27 bits per heavy atom. The number of aryl methyl sites for hydroxylation is 1. The molecule has 0 amide bonds. The molecule has 0 atom stereocenters. The minimum Gasteiger partial charge on any atom is -0.493 e. The van der Waals surface area contributed by atoms with Crippen molar-refractivity contribution in [3.63, 3.8) is 0 Å². The third kappa shape index (κ3) is 1.44. The van der Waals surface area contributed by atoms with Gasteiger partial charge in [0.2, 0.25) is 0 Å². The molecule has 1 aromatic heterocycles. The molecule has 1 aromatic carbocycles. The summed E-state index contributed by atoms with van der Waals surface area (Å²) in [4.78, 5) is 0. The fraction of sp³-hybridized carbons (Fsp3) is 0.250. The van der Waals surface area contributed by atoms with Gasteiger partial charge in [0.1, 0.15) is 11.8 Å². The van der Waals surface area contributed by atoms with Crippen molar-refractivity contribution in [2.24, 2.45) is 0 Å². The van der Waals surface area contributed by atoms with Crippen molar-refractivity contribution in [2.75, 3.05) is 6.61 Å². The Balaban J connectivity index is 2.75. The van der Waals surface area contributed by atoms with Crippen molar-refractivity contribution in [1.82, 2.24) is 0 Å². The van der Waals surface area contributed by atoms with Crippen LogP contribution in [0.2, 0.25) is 0 Å². The van der Waals surface area contributed by atoms with Crippen molar-refractivity contribution in [3.8, 4) is 11.8 Å². The third-order valence-electron chi connectivity index (χ3n) is 2.29. The summed E-state index contributed by atoms with van der Waals surface area (Å²) in [5, 5.41) is 9.81. The maximum Gasteiger partial charge on any atom is 0.155 e. The van der Waals surface area contributed by atoms with E-state index in [1.54, 1.807) is 12.3 Å². The normalized spacial score (nSPS) is 10.2. The Morgan fingerprint density at radius 1 is 1.47 bits per heavy atom. The van der Waals surface area contributed by atoms with E-state index in [4.69, 9.17) is 14.4 Å². The van der Waals surface area contributed by atoms with E-state index >= 15 is 0 Å². The van der Waals surface area contributed by atoms with Crippen LogP contribution in [-0.2, 0) is 0 Å². The van der Waals surface area contributed by atoms with E-state index in [1.807, 2.05) is 19.9 Å². The summed E-state index contributed by atoms with van der Waals surface area (Å²) in [5.41, 5.74) is 2.15. The molecule has 0 aliphatic carbocycles. The van der Waals surface area contributed by atoms with Crippen molar-refractivity contribution in [1.29, 1.82) is 5.26 Å². The molecule has 3 nitrogen and oxygen atoms in total. The number of furan rings is 1. The highest BCUT2D eigenvalue weighted by atomic mass is 16.5. The summed E-state index contributed by atoms with van der Waals surface area (Å²) in [7, 11) is 0. The molecular formula is C12H11NO2. The lowest BCUT2D eigenvalue weighted by Gasteiger charge is -2.04. The molecular weight excluding hydrogens is 190 g/mol. The van der Waals surface area contributed by atoms with Crippen LogP contribution in [0.25, 0.3) is 11.0 Å². The van der Waals surface area contributed by atoms with Gasteiger partial charge < -0.3 is 9.15 Å². The van der Waals surface area contributed by atoms with Crippen LogP contribution in [0.1, 0.15) is 18.1 Å². The van der Waals surface area contributed by atoms with Gasteiger partial charge in [0.15, 0.2) is 5.58 Å². The Kier molecular flexibility index (Phi) is 2.34. The van der Waals surface area contributed by atoms with Crippen molar-refractivity contribution < 1.29 is 9.15 Å². The third-order valence-corrected chi connectivity index (χ3v) is 2.29. The number of fused-ring (bicyclic) bond motifs is 1. The number of hydrogen-bond donors (Lipinski definition) is 0. The lowest BCUT2D eigenvalue weighted by atomic mass is 10.1. The Morgan fingerprint density at radius 3 is 2.93 bits per heavy atom. The summed E-state index contributed by atoms with van der Waals surface area (Å²) < 4.78 is 10.8. The molecule has 0 saturated heterocycles. The van der Waals surface area contributed by atoms with Gasteiger partial charge in [-0.15, -0.1) is 0 Å². The minimum atomic E-state index is 0.543. The molecule has 0 saturated carbocycles. The molecule has 1 heterocycles. The number of nitrogens with zero attached hydrogens (tertiary/aromatic N) is 1. The zero-order valence-corrected chi connectivity index (χ0v) is 8.70. The van der Waals surface area contributed by atoms with Gasteiger partial charge in [0, 0.05) is 0 Å². The Hall–Kier alpha value is -1.95. The monoisotopic (exact) mass is 201 g/mol. The lowest BCUT2D eigenvalue weighted by molar-refractivity contribution is 0.344. The smallest absolute Gasteiger partial charge is 0.155 e.